The minimum atomic E-state index is 0. The van der Waals surface area contributed by atoms with Crippen LogP contribution in [0.5, 0.6) is 0 Å². The van der Waals surface area contributed by atoms with Gasteiger partial charge in [-0.2, -0.15) is 5.56 Å². The molecule has 17 aromatic rings. The second-order valence-electron chi connectivity index (χ2n) is 24.8. The van der Waals surface area contributed by atoms with Crippen molar-refractivity contribution < 1.29 is 40.2 Å². The van der Waals surface area contributed by atoms with Crippen molar-refractivity contribution in [3.8, 4) is 179 Å². The molecule has 0 aliphatic rings. The van der Waals surface area contributed by atoms with Crippen LogP contribution in [0.25, 0.3) is 179 Å². The molecular formula is C96H58Ir2N6. The largest absolute Gasteiger partial charge is 3.00 e. The summed E-state index contributed by atoms with van der Waals surface area (Å²) in [5.74, 6) is 0.542. The van der Waals surface area contributed by atoms with Crippen LogP contribution in [0.4, 0.5) is 0 Å². The Morgan fingerprint density at radius 1 is 0.202 bits per heavy atom. The monoisotopic (exact) mass is 1680 g/mol. The minimum absolute atomic E-state index is 0. The molecule has 104 heavy (non-hydrogen) atoms. The maximum Gasteiger partial charge on any atom is 3.00 e. The molecular weight excluding hydrogens is 1620 g/mol. The van der Waals surface area contributed by atoms with E-state index >= 15 is 0 Å². The van der Waals surface area contributed by atoms with E-state index in [-0.39, 0.29) is 40.2 Å². The fourth-order valence-electron chi connectivity index (χ4n) is 13.6. The van der Waals surface area contributed by atoms with Crippen molar-refractivity contribution in [2.24, 2.45) is 0 Å². The van der Waals surface area contributed by atoms with Crippen molar-refractivity contribution in [2.75, 3.05) is 0 Å². The molecule has 0 aliphatic heterocycles. The van der Waals surface area contributed by atoms with Gasteiger partial charge in [-0.1, -0.05) is 169 Å². The third-order valence-corrected chi connectivity index (χ3v) is 18.6. The zero-order valence-corrected chi connectivity index (χ0v) is 60.6. The quantitative estimate of drug-likeness (QED) is 0.0897. The van der Waals surface area contributed by atoms with Gasteiger partial charge in [0.1, 0.15) is 0 Å². The maximum atomic E-state index is 5.03. The standard InChI is InChI=1S/C96H58N6.2Ir/c1-5-23-65(24-6-1)91-49-45-71(61-99-91)81-31-13-17-35-85(81)75-55-76(86-36-18-14-32-82(86)72-46-50-92(100-62-72)66-25-7-2-8-26-66)58-79(57-75)89-39-21-40-90(95(89)69-41-43-70(44-42-69)96-97-53-22-54-98-96)80-59-77(87-37-19-15-33-83(87)73-47-51-93(101-63-73)67-27-9-3-10-28-67)56-78(60-80)88-38-20-16-34-84(88)74-48-52-94(102-64-74)68-29-11-4-12-30-68;;/h1-23,25,27,29,31-42,45-64H;;/q-6;2*+3. The Kier molecular flexibility index (Phi) is 20.0. The van der Waals surface area contributed by atoms with Gasteiger partial charge in [-0.3, -0.25) is 12.1 Å². The van der Waals surface area contributed by atoms with Crippen molar-refractivity contribution in [1.29, 1.82) is 0 Å². The molecule has 0 spiro atoms. The molecule has 8 heteroatoms. The number of aromatic nitrogens is 6. The second kappa shape index (κ2) is 30.8. The molecule has 0 saturated carbocycles. The molecule has 490 valence electrons. The molecule has 0 aliphatic carbocycles. The van der Waals surface area contributed by atoms with Gasteiger partial charge in [0, 0.05) is 37.2 Å². The summed E-state index contributed by atoms with van der Waals surface area (Å²) in [5.41, 5.74) is 30.2. The van der Waals surface area contributed by atoms with Crippen molar-refractivity contribution in [3.63, 3.8) is 0 Å². The Hall–Kier alpha value is -12.4. The van der Waals surface area contributed by atoms with Crippen LogP contribution in [-0.2, 0) is 40.2 Å². The molecule has 17 rings (SSSR count). The summed E-state index contributed by atoms with van der Waals surface area (Å²) < 4.78 is 0. The van der Waals surface area contributed by atoms with E-state index in [4.69, 9.17) is 19.9 Å². The van der Waals surface area contributed by atoms with Crippen LogP contribution in [0, 0.1) is 36.4 Å². The van der Waals surface area contributed by atoms with Crippen LogP contribution in [0.15, 0.2) is 353 Å². The van der Waals surface area contributed by atoms with Crippen molar-refractivity contribution in [3.05, 3.63) is 389 Å². The zero-order chi connectivity index (χ0) is 68.0. The third-order valence-electron chi connectivity index (χ3n) is 18.6. The first-order chi connectivity index (χ1) is 50.6. The van der Waals surface area contributed by atoms with Gasteiger partial charge in [0.15, 0.2) is 0 Å². The molecule has 0 fully saturated rings. The first-order valence-electron chi connectivity index (χ1n) is 33.8. The van der Waals surface area contributed by atoms with Crippen LogP contribution in [0.3, 0.4) is 0 Å². The van der Waals surface area contributed by atoms with E-state index in [9.17, 15) is 0 Å². The molecule has 0 amide bonds. The molecule has 0 saturated heterocycles. The first kappa shape index (κ1) is 67.4. The van der Waals surface area contributed by atoms with E-state index in [2.05, 4.69) is 259 Å². The zero-order valence-electron chi connectivity index (χ0n) is 55.8. The molecule has 12 aromatic carbocycles. The predicted octanol–water partition coefficient (Wildman–Crippen LogP) is 23.5. The Labute approximate surface area is 633 Å². The number of hydrogen-bond donors (Lipinski definition) is 0. The fraction of sp³-hybridized carbons (Fsp3) is 0. The smallest absolute Gasteiger partial charge is 0.333 e. The summed E-state index contributed by atoms with van der Waals surface area (Å²) in [5, 5.41) is 0. The number of nitrogens with zero attached hydrogens (tertiary/aromatic N) is 6. The molecule has 0 unspecified atom stereocenters. The molecule has 0 atom stereocenters. The molecule has 5 aromatic heterocycles. The molecule has 0 bridgehead atoms. The van der Waals surface area contributed by atoms with Gasteiger partial charge in [0.2, 0.25) is 0 Å². The Morgan fingerprint density at radius 2 is 0.462 bits per heavy atom. The van der Waals surface area contributed by atoms with E-state index in [1.165, 1.54) is 0 Å². The summed E-state index contributed by atoms with van der Waals surface area (Å²) in [6.07, 6.45) is 11.4. The van der Waals surface area contributed by atoms with Crippen LogP contribution in [-0.4, -0.2) is 29.9 Å². The van der Waals surface area contributed by atoms with Gasteiger partial charge in [0.05, 0.1) is 0 Å². The van der Waals surface area contributed by atoms with Gasteiger partial charge in [-0.15, -0.1) is 144 Å². The average molecular weight is 1680 g/mol. The van der Waals surface area contributed by atoms with Crippen molar-refractivity contribution in [2.45, 2.75) is 0 Å². The summed E-state index contributed by atoms with van der Waals surface area (Å²) in [7, 11) is 0. The fourth-order valence-corrected chi connectivity index (χ4v) is 13.6. The Balaban J connectivity index is 0.00000435. The molecule has 0 N–H and O–H groups in total. The van der Waals surface area contributed by atoms with Crippen LogP contribution in [0.1, 0.15) is 0 Å². The van der Waals surface area contributed by atoms with E-state index in [1.807, 2.05) is 128 Å². The maximum absolute atomic E-state index is 5.03. The van der Waals surface area contributed by atoms with Gasteiger partial charge < -0.3 is 29.9 Å². The number of hydrogen-bond acceptors (Lipinski definition) is 6. The summed E-state index contributed by atoms with van der Waals surface area (Å²) in [6, 6.07) is 131. The van der Waals surface area contributed by atoms with Crippen molar-refractivity contribution in [1.82, 2.24) is 29.9 Å². The minimum Gasteiger partial charge on any atom is -0.333 e. The summed E-state index contributed by atoms with van der Waals surface area (Å²) in [4.78, 5) is 29.4. The van der Waals surface area contributed by atoms with E-state index in [1.54, 1.807) is 12.4 Å². The van der Waals surface area contributed by atoms with E-state index < -0.39 is 0 Å². The molecule has 6 nitrogen and oxygen atoms in total. The number of pyridine rings is 4. The van der Waals surface area contributed by atoms with Crippen LogP contribution in [0.2, 0.25) is 0 Å². The summed E-state index contributed by atoms with van der Waals surface area (Å²) >= 11 is 0. The number of rotatable bonds is 16. The normalized spacial score (nSPS) is 10.9. The molecule has 0 radical (unpaired) electrons. The number of benzene rings is 12. The SMILES string of the molecule is [Ir+3].[Ir+3].[c-]1cc(-c2c(-c3cc(-c4ccccc4-c4ccc(-c5[c-]cccc5)nc4)cc(-c4ccccc4-c4ccc(-c5[c-]cccc5)nc4)c3)cccc2-c2cc(-c3ccccc3-c3ccc(-c4[c-]cccc4)nc3)cc(-c3ccccc3-c3ccc(-c4[c-]cccc4)nc3)c2)c[c-]c1-c1ncccn1. The first-order valence-corrected chi connectivity index (χ1v) is 33.8. The topological polar surface area (TPSA) is 77.3 Å². The predicted molar refractivity (Wildman–Crippen MR) is 413 cm³/mol. The summed E-state index contributed by atoms with van der Waals surface area (Å²) in [6.45, 7) is 0. The molecule has 5 heterocycles. The van der Waals surface area contributed by atoms with Crippen molar-refractivity contribution >= 4 is 0 Å². The third kappa shape index (κ3) is 14.1. The van der Waals surface area contributed by atoms with E-state index in [0.29, 0.717) is 11.4 Å². The van der Waals surface area contributed by atoms with E-state index in [0.717, 1.165) is 167 Å². The van der Waals surface area contributed by atoms with Gasteiger partial charge in [-0.25, -0.2) is 17.7 Å². The average Bonchev–Trinajstić information content (AvgIpc) is 0.759. The van der Waals surface area contributed by atoms with Crippen LogP contribution >= 0.6 is 0 Å². The van der Waals surface area contributed by atoms with Crippen LogP contribution < -0.4 is 0 Å². The van der Waals surface area contributed by atoms with Gasteiger partial charge in [-0.05, 0) is 182 Å². The Morgan fingerprint density at radius 3 is 0.721 bits per heavy atom. The second-order valence-corrected chi connectivity index (χ2v) is 24.8. The Bertz CT molecular complexity index is 5200. The van der Waals surface area contributed by atoms with Gasteiger partial charge in [0.25, 0.3) is 0 Å². The van der Waals surface area contributed by atoms with Gasteiger partial charge >= 0.3 is 40.2 Å².